The van der Waals surface area contributed by atoms with Crippen molar-refractivity contribution in [1.29, 1.82) is 0 Å². The van der Waals surface area contributed by atoms with Crippen molar-refractivity contribution in [2.45, 2.75) is 85.5 Å². The zero-order valence-electron chi connectivity index (χ0n) is 36.7. The average Bonchev–Trinajstić information content (AvgIpc) is 4.07. The Hall–Kier alpha value is -6.02. The topological polar surface area (TPSA) is 189 Å². The van der Waals surface area contributed by atoms with Gasteiger partial charge in [0.15, 0.2) is 0 Å². The van der Waals surface area contributed by atoms with Crippen molar-refractivity contribution in [2.75, 3.05) is 27.3 Å². The number of nitrogens with one attached hydrogen (secondary N) is 3. The molecule has 7 rings (SSSR count). The highest BCUT2D eigenvalue weighted by Crippen LogP contribution is 2.38. The molecule has 0 aliphatic carbocycles. The van der Waals surface area contributed by atoms with E-state index in [1.54, 1.807) is 0 Å². The van der Waals surface area contributed by atoms with Gasteiger partial charge in [-0.15, -0.1) is 0 Å². The van der Waals surface area contributed by atoms with Crippen LogP contribution in [-0.4, -0.2) is 93.0 Å². The van der Waals surface area contributed by atoms with Crippen molar-refractivity contribution in [3.63, 3.8) is 0 Å². The number of nitrogens with two attached hydrogens (primary N) is 1. The van der Waals surface area contributed by atoms with Crippen molar-refractivity contribution in [1.82, 2.24) is 35.1 Å². The number of carbonyl (C=O) groups excluding carboxylic acids is 4. The number of fused-ring (bicyclic) bond motifs is 1. The number of aromatic nitrogens is 4. The van der Waals surface area contributed by atoms with E-state index in [1.165, 1.54) is 21.1 Å². The van der Waals surface area contributed by atoms with E-state index in [9.17, 15) is 19.2 Å². The number of benzene rings is 3. The standard InChI is InChI=1S/C44H54N8O4.C3H6O2/c1-24(2)38(45)42(53)51-22-26(5)18-36(51)40-46-21-35(49-40)31-14-12-29(13-15-31)28-8-10-30(11-9-28)32-16-17-33-34(20-32)48-41(47-33)37-19-27(6)23-52(37)43(54)39(25(3)4)50-44(55)56-7;1-3(4)5-2/h8-17,20-21,24-27,36-39H,18-19,22-23,45H2,1-7H3,(H,46,49)(H,47,48)(H,50,55);1-2H3/t26-,27+,36-,37-,38-,39-;/m0./s1. The predicted molar refractivity (Wildman–Crippen MR) is 236 cm³/mol. The van der Waals surface area contributed by atoms with E-state index in [1.807, 2.05) is 49.8 Å². The summed E-state index contributed by atoms with van der Waals surface area (Å²) in [5.41, 5.74) is 14.3. The third kappa shape index (κ3) is 10.1. The molecule has 3 aromatic carbocycles. The maximum atomic E-state index is 13.7. The van der Waals surface area contributed by atoms with Gasteiger partial charge in [0.05, 0.1) is 55.3 Å². The predicted octanol–water partition coefficient (Wildman–Crippen LogP) is 7.65. The van der Waals surface area contributed by atoms with Crippen molar-refractivity contribution < 1.29 is 28.7 Å². The summed E-state index contributed by atoms with van der Waals surface area (Å²) in [5, 5.41) is 2.73. The van der Waals surface area contributed by atoms with Crippen molar-refractivity contribution in [3.8, 4) is 33.5 Å². The number of carbonyl (C=O) groups is 4. The monoisotopic (exact) mass is 832 g/mol. The maximum Gasteiger partial charge on any atom is 0.407 e. The Labute approximate surface area is 358 Å². The van der Waals surface area contributed by atoms with Crippen LogP contribution < -0.4 is 11.1 Å². The molecule has 2 aliphatic rings. The lowest BCUT2D eigenvalue weighted by atomic mass is 9.99. The molecule has 0 bridgehead atoms. The number of esters is 1. The number of H-pyrrole nitrogens is 2. The second kappa shape index (κ2) is 19.1. The van der Waals surface area contributed by atoms with E-state index in [4.69, 9.17) is 20.4 Å². The molecule has 0 radical (unpaired) electrons. The van der Waals surface area contributed by atoms with Crippen LogP contribution in [0.3, 0.4) is 0 Å². The number of nitrogens with zero attached hydrogens (tertiary/aromatic N) is 4. The smallest absolute Gasteiger partial charge is 0.407 e. The van der Waals surface area contributed by atoms with Crippen LogP contribution in [0.2, 0.25) is 0 Å². The minimum atomic E-state index is -0.692. The molecule has 0 spiro atoms. The van der Waals surface area contributed by atoms with Gasteiger partial charge in [0.25, 0.3) is 0 Å². The largest absolute Gasteiger partial charge is 0.469 e. The molecule has 2 aliphatic heterocycles. The second-order valence-electron chi connectivity index (χ2n) is 17.2. The molecule has 2 fully saturated rings. The minimum absolute atomic E-state index is 0.0118. The molecule has 5 N–H and O–H groups in total. The van der Waals surface area contributed by atoms with E-state index in [0.717, 1.165) is 69.0 Å². The number of likely N-dealkylation sites (tertiary alicyclic amines) is 2. The second-order valence-corrected chi connectivity index (χ2v) is 17.2. The van der Waals surface area contributed by atoms with Gasteiger partial charge in [-0.25, -0.2) is 14.8 Å². The van der Waals surface area contributed by atoms with E-state index in [0.29, 0.717) is 19.0 Å². The number of ether oxygens (including phenoxy) is 2. The SMILES string of the molecule is COC(=O)N[C@H](C(=O)N1C[C@H](C)C[C@H]1c1nc2ccc(-c3ccc(-c4ccc(-c5cnc([C@@H]6C[C@H](C)CN6C(=O)[C@@H](N)C(C)C)[nH]5)cc4)cc3)cc2[nH]1)C(C)C.COC(C)=O. The number of rotatable bonds is 10. The molecule has 0 unspecified atom stereocenters. The van der Waals surface area contributed by atoms with E-state index in [-0.39, 0.29) is 47.6 Å². The maximum absolute atomic E-state index is 13.7. The van der Waals surface area contributed by atoms with E-state index in [2.05, 4.69) is 94.5 Å². The molecule has 5 aromatic rings. The normalized spacial score (nSPS) is 19.7. The van der Waals surface area contributed by atoms with Crippen molar-refractivity contribution in [2.24, 2.45) is 29.4 Å². The first-order chi connectivity index (χ1) is 29.1. The molecule has 0 saturated carbocycles. The Morgan fingerprint density at radius 1 is 0.721 bits per heavy atom. The number of hydrogen-bond acceptors (Lipinski definition) is 9. The number of amides is 3. The van der Waals surface area contributed by atoms with Crippen LogP contribution in [0.15, 0.2) is 72.9 Å². The highest BCUT2D eigenvalue weighted by molar-refractivity contribution is 5.87. The van der Waals surface area contributed by atoms with Crippen LogP contribution in [0.1, 0.15) is 85.0 Å². The summed E-state index contributed by atoms with van der Waals surface area (Å²) in [6.07, 6.45) is 2.87. The number of hydrogen-bond donors (Lipinski definition) is 4. The van der Waals surface area contributed by atoms with Crippen molar-refractivity contribution >= 4 is 34.9 Å². The van der Waals surface area contributed by atoms with Gasteiger partial charge in [0.2, 0.25) is 11.8 Å². The van der Waals surface area contributed by atoms with E-state index >= 15 is 0 Å². The highest BCUT2D eigenvalue weighted by atomic mass is 16.5. The Morgan fingerprint density at radius 3 is 1.75 bits per heavy atom. The first-order valence-corrected chi connectivity index (χ1v) is 21.1. The summed E-state index contributed by atoms with van der Waals surface area (Å²) in [7, 11) is 2.65. The quantitative estimate of drug-likeness (QED) is 0.103. The molecular weight excluding hydrogens is 773 g/mol. The third-order valence-electron chi connectivity index (χ3n) is 11.7. The Kier molecular flexibility index (Phi) is 14.0. The molecule has 2 saturated heterocycles. The van der Waals surface area contributed by atoms with Crippen LogP contribution in [0.5, 0.6) is 0 Å². The van der Waals surface area contributed by atoms with E-state index < -0.39 is 18.2 Å². The van der Waals surface area contributed by atoms with Gasteiger partial charge in [-0.05, 0) is 76.5 Å². The number of aromatic amines is 2. The van der Waals surface area contributed by atoms with Crippen LogP contribution in [0.25, 0.3) is 44.5 Å². The summed E-state index contributed by atoms with van der Waals surface area (Å²) >= 11 is 0. The lowest BCUT2D eigenvalue weighted by Crippen LogP contribution is -2.51. The number of methoxy groups -OCH3 is 2. The summed E-state index contributed by atoms with van der Waals surface area (Å²) in [6, 6.07) is 21.6. The fourth-order valence-electron chi connectivity index (χ4n) is 8.17. The fraction of sp³-hybridized carbons (Fsp3) is 0.447. The average molecular weight is 833 g/mol. The zero-order valence-corrected chi connectivity index (χ0v) is 36.7. The molecule has 6 atom stereocenters. The van der Waals surface area contributed by atoms with Gasteiger partial charge in [-0.1, -0.05) is 96.1 Å². The molecule has 4 heterocycles. The lowest BCUT2D eigenvalue weighted by molar-refractivity contribution is -0.138. The Morgan fingerprint density at radius 2 is 1.23 bits per heavy atom. The van der Waals surface area contributed by atoms with Gasteiger partial charge in [-0.3, -0.25) is 14.4 Å². The first kappa shape index (κ1) is 44.5. The zero-order chi connectivity index (χ0) is 44.1. The fourth-order valence-corrected chi connectivity index (χ4v) is 8.17. The summed E-state index contributed by atoms with van der Waals surface area (Å²) in [6.45, 7) is 14.7. The van der Waals surface area contributed by atoms with Crippen LogP contribution in [0, 0.1) is 23.7 Å². The van der Waals surface area contributed by atoms with Crippen molar-refractivity contribution in [3.05, 3.63) is 84.6 Å². The molecule has 61 heavy (non-hydrogen) atoms. The van der Waals surface area contributed by atoms with Crippen LogP contribution >= 0.6 is 0 Å². The van der Waals surface area contributed by atoms with Gasteiger partial charge >= 0.3 is 12.1 Å². The molecule has 2 aromatic heterocycles. The third-order valence-corrected chi connectivity index (χ3v) is 11.7. The van der Waals surface area contributed by atoms with Gasteiger partial charge in [0, 0.05) is 20.0 Å². The Bertz CT molecular complexity index is 2320. The Balaban J connectivity index is 0.00000118. The lowest BCUT2D eigenvalue weighted by Gasteiger charge is -2.30. The molecular formula is C47H60N8O6. The van der Waals surface area contributed by atoms with Gasteiger partial charge in [0.1, 0.15) is 17.7 Å². The summed E-state index contributed by atoms with van der Waals surface area (Å²) in [4.78, 5) is 69.0. The molecule has 14 nitrogen and oxygen atoms in total. The summed E-state index contributed by atoms with van der Waals surface area (Å²) in [5.74, 6) is 1.79. The number of alkyl carbamates (subject to hydrolysis) is 1. The highest BCUT2D eigenvalue weighted by Gasteiger charge is 2.41. The first-order valence-electron chi connectivity index (χ1n) is 21.1. The minimum Gasteiger partial charge on any atom is -0.469 e. The molecule has 3 amide bonds. The summed E-state index contributed by atoms with van der Waals surface area (Å²) < 4.78 is 8.90. The van der Waals surface area contributed by atoms with Crippen LogP contribution in [-0.2, 0) is 23.9 Å². The van der Waals surface area contributed by atoms with Gasteiger partial charge < -0.3 is 40.3 Å². The van der Waals surface area contributed by atoms with Gasteiger partial charge in [-0.2, -0.15) is 0 Å². The molecule has 14 heteroatoms. The van der Waals surface area contributed by atoms with Crippen LogP contribution in [0.4, 0.5) is 4.79 Å². The number of imidazole rings is 2. The molecule has 324 valence electrons.